The van der Waals surface area contributed by atoms with Crippen LogP contribution in [0.3, 0.4) is 0 Å². The van der Waals surface area contributed by atoms with Gasteiger partial charge in [0.1, 0.15) is 23.7 Å². The Hall–Kier alpha value is -1.99. The minimum atomic E-state index is -0.0912. The third-order valence-corrected chi connectivity index (χ3v) is 4.96. The zero-order chi connectivity index (χ0) is 15.6. The topological polar surface area (TPSA) is 64.6 Å². The molecule has 1 amide bonds. The molecule has 1 aliphatic carbocycles. The van der Waals surface area contributed by atoms with Crippen molar-refractivity contribution in [2.75, 3.05) is 13.2 Å². The first kappa shape index (κ1) is 14.6. The Morgan fingerprint density at radius 1 is 1.43 bits per heavy atom. The Labute approximate surface area is 138 Å². The minimum absolute atomic E-state index is 0.00780. The highest BCUT2D eigenvalue weighted by atomic mass is 32.1. The van der Waals surface area contributed by atoms with Crippen LogP contribution in [-0.4, -0.2) is 52.2 Å². The number of carbonyl (C=O) groups excluding carboxylic acids is 1. The molecule has 2 aliphatic rings. The number of rotatable bonds is 3. The van der Waals surface area contributed by atoms with E-state index in [2.05, 4.69) is 9.97 Å². The highest BCUT2D eigenvalue weighted by Crippen LogP contribution is 2.33. The summed E-state index contributed by atoms with van der Waals surface area (Å²) in [7, 11) is 0. The Balaban J connectivity index is 1.49. The van der Waals surface area contributed by atoms with Gasteiger partial charge in [0.15, 0.2) is 0 Å². The van der Waals surface area contributed by atoms with Gasteiger partial charge in [0.05, 0.1) is 24.4 Å². The van der Waals surface area contributed by atoms with E-state index in [1.54, 1.807) is 23.3 Å². The molecule has 23 heavy (non-hydrogen) atoms. The van der Waals surface area contributed by atoms with Gasteiger partial charge in [0, 0.05) is 18.1 Å². The van der Waals surface area contributed by atoms with E-state index in [4.69, 9.17) is 9.47 Å². The van der Waals surface area contributed by atoms with Gasteiger partial charge in [-0.3, -0.25) is 9.78 Å². The number of amides is 1. The van der Waals surface area contributed by atoms with Crippen LogP contribution >= 0.6 is 11.3 Å². The molecule has 7 heteroatoms. The summed E-state index contributed by atoms with van der Waals surface area (Å²) in [6.07, 6.45) is 5.03. The van der Waals surface area contributed by atoms with Gasteiger partial charge in [-0.2, -0.15) is 0 Å². The van der Waals surface area contributed by atoms with Crippen molar-refractivity contribution in [3.05, 3.63) is 41.1 Å². The Kier molecular flexibility index (Phi) is 3.97. The second-order valence-electron chi connectivity index (χ2n) is 5.70. The van der Waals surface area contributed by atoms with Crippen LogP contribution in [0.15, 0.2) is 35.4 Å². The van der Waals surface area contributed by atoms with Crippen LogP contribution < -0.4 is 4.74 Å². The third-order valence-electron chi connectivity index (χ3n) is 4.37. The number of pyridine rings is 1. The molecule has 0 spiro atoms. The van der Waals surface area contributed by atoms with Crippen molar-refractivity contribution in [2.45, 2.75) is 31.1 Å². The molecule has 0 bridgehead atoms. The smallest absolute Gasteiger partial charge is 0.273 e. The summed E-state index contributed by atoms with van der Waals surface area (Å²) in [5, 5.41) is 1.80. The van der Waals surface area contributed by atoms with Gasteiger partial charge in [-0.1, -0.05) is 0 Å². The molecule has 1 aliphatic heterocycles. The minimum Gasteiger partial charge on any atom is -0.486 e. The standard InChI is InChI=1S/C16H17N3O3S/c20-16(12-9-23-10-18-12)19-6-7-21-15-13(19)3-4-14(15)22-11-2-1-5-17-8-11/h1-2,5,8-10,13-15H,3-4,6-7H2/t13-,14+,15+/m1/s1. The number of aromatic nitrogens is 2. The van der Waals surface area contributed by atoms with Crippen LogP contribution in [0.4, 0.5) is 0 Å². The molecule has 1 saturated heterocycles. The van der Waals surface area contributed by atoms with E-state index < -0.39 is 0 Å². The van der Waals surface area contributed by atoms with Crippen LogP contribution in [0.2, 0.25) is 0 Å². The fourth-order valence-corrected chi connectivity index (χ4v) is 3.88. The lowest BCUT2D eigenvalue weighted by Crippen LogP contribution is -2.54. The molecule has 1 saturated carbocycles. The van der Waals surface area contributed by atoms with Gasteiger partial charge in [0.2, 0.25) is 0 Å². The maximum absolute atomic E-state index is 12.6. The van der Waals surface area contributed by atoms with E-state index >= 15 is 0 Å². The molecule has 2 aromatic rings. The Morgan fingerprint density at radius 3 is 3.17 bits per heavy atom. The van der Waals surface area contributed by atoms with Crippen LogP contribution in [0.5, 0.6) is 5.75 Å². The van der Waals surface area contributed by atoms with Crippen molar-refractivity contribution in [2.24, 2.45) is 0 Å². The SMILES string of the molecule is O=C(c1cscn1)N1CCO[C@@H]2[C@@H](Oc3cccnc3)CC[C@H]21. The molecule has 4 rings (SSSR count). The van der Waals surface area contributed by atoms with Crippen LogP contribution in [0, 0.1) is 0 Å². The van der Waals surface area contributed by atoms with Gasteiger partial charge >= 0.3 is 0 Å². The maximum Gasteiger partial charge on any atom is 0.273 e. The highest BCUT2D eigenvalue weighted by Gasteiger charge is 2.46. The summed E-state index contributed by atoms with van der Waals surface area (Å²) in [5.41, 5.74) is 2.21. The number of hydrogen-bond donors (Lipinski definition) is 0. The number of carbonyl (C=O) groups is 1. The number of hydrogen-bond acceptors (Lipinski definition) is 6. The number of ether oxygens (including phenoxy) is 2. The molecule has 120 valence electrons. The van der Waals surface area contributed by atoms with Crippen molar-refractivity contribution < 1.29 is 14.3 Å². The predicted octanol–water partition coefficient (Wildman–Crippen LogP) is 1.99. The molecule has 6 nitrogen and oxygen atoms in total. The summed E-state index contributed by atoms with van der Waals surface area (Å²) in [4.78, 5) is 22.7. The fraction of sp³-hybridized carbons (Fsp3) is 0.438. The van der Waals surface area contributed by atoms with E-state index in [0.717, 1.165) is 18.6 Å². The molecule has 3 atom stereocenters. The summed E-state index contributed by atoms with van der Waals surface area (Å²) < 4.78 is 12.0. The van der Waals surface area contributed by atoms with E-state index in [0.29, 0.717) is 18.8 Å². The predicted molar refractivity (Wildman–Crippen MR) is 84.6 cm³/mol. The molecule has 0 radical (unpaired) electrons. The summed E-state index contributed by atoms with van der Waals surface area (Å²) in [5.74, 6) is 0.733. The molecule has 2 aromatic heterocycles. The van der Waals surface area contributed by atoms with Crippen LogP contribution in [-0.2, 0) is 4.74 Å². The van der Waals surface area contributed by atoms with Gasteiger partial charge in [-0.05, 0) is 25.0 Å². The average Bonchev–Trinajstić information content (AvgIpc) is 3.25. The van der Waals surface area contributed by atoms with Gasteiger partial charge in [-0.15, -0.1) is 11.3 Å². The lowest BCUT2D eigenvalue weighted by molar-refractivity contribution is -0.0787. The quantitative estimate of drug-likeness (QED) is 0.860. The molecule has 0 N–H and O–H groups in total. The van der Waals surface area contributed by atoms with Crippen molar-refractivity contribution in [1.82, 2.24) is 14.9 Å². The van der Waals surface area contributed by atoms with E-state index in [1.165, 1.54) is 11.3 Å². The summed E-state index contributed by atoms with van der Waals surface area (Å²) in [6.45, 7) is 1.14. The van der Waals surface area contributed by atoms with E-state index in [1.807, 2.05) is 17.0 Å². The van der Waals surface area contributed by atoms with Crippen LogP contribution in [0.1, 0.15) is 23.3 Å². The van der Waals surface area contributed by atoms with E-state index in [-0.39, 0.29) is 24.2 Å². The van der Waals surface area contributed by atoms with Crippen molar-refractivity contribution >= 4 is 17.2 Å². The zero-order valence-corrected chi connectivity index (χ0v) is 13.3. The summed E-state index contributed by atoms with van der Waals surface area (Å²) >= 11 is 1.44. The molecule has 3 heterocycles. The largest absolute Gasteiger partial charge is 0.486 e. The number of nitrogens with zero attached hydrogens (tertiary/aromatic N) is 3. The molecule has 2 fully saturated rings. The van der Waals surface area contributed by atoms with Crippen molar-refractivity contribution in [1.29, 1.82) is 0 Å². The van der Waals surface area contributed by atoms with Gasteiger partial charge in [-0.25, -0.2) is 4.98 Å². The second kappa shape index (κ2) is 6.25. The molecule has 0 unspecified atom stereocenters. The zero-order valence-electron chi connectivity index (χ0n) is 12.5. The van der Waals surface area contributed by atoms with Gasteiger partial charge < -0.3 is 14.4 Å². The Bertz CT molecular complexity index is 664. The lowest BCUT2D eigenvalue weighted by atomic mass is 10.1. The first-order chi connectivity index (χ1) is 11.3. The Morgan fingerprint density at radius 2 is 2.39 bits per heavy atom. The average molecular weight is 331 g/mol. The number of morpholine rings is 1. The van der Waals surface area contributed by atoms with Gasteiger partial charge in [0.25, 0.3) is 5.91 Å². The molecular formula is C16H17N3O3S. The number of thiazole rings is 1. The normalized spacial score (nSPS) is 26.8. The third kappa shape index (κ3) is 2.82. The second-order valence-corrected chi connectivity index (χ2v) is 6.42. The monoisotopic (exact) mass is 331 g/mol. The number of fused-ring (bicyclic) bond motifs is 1. The van der Waals surface area contributed by atoms with E-state index in [9.17, 15) is 4.79 Å². The lowest BCUT2D eigenvalue weighted by Gasteiger charge is -2.38. The first-order valence-electron chi connectivity index (χ1n) is 7.70. The van der Waals surface area contributed by atoms with Crippen LogP contribution in [0.25, 0.3) is 0 Å². The first-order valence-corrected chi connectivity index (χ1v) is 8.64. The highest BCUT2D eigenvalue weighted by molar-refractivity contribution is 7.07. The fourth-order valence-electron chi connectivity index (χ4n) is 3.35. The maximum atomic E-state index is 12.6. The summed E-state index contributed by atoms with van der Waals surface area (Å²) in [6, 6.07) is 3.79. The molecule has 0 aromatic carbocycles. The van der Waals surface area contributed by atoms with Crippen molar-refractivity contribution in [3.8, 4) is 5.75 Å². The molecular weight excluding hydrogens is 314 g/mol. The van der Waals surface area contributed by atoms with Crippen molar-refractivity contribution in [3.63, 3.8) is 0 Å².